The molecular weight excluding hydrogens is 320 g/mol. The molecule has 0 aliphatic heterocycles. The number of nitrogens with zero attached hydrogens (tertiary/aromatic N) is 3. The number of nitro groups is 1. The molecule has 0 radical (unpaired) electrons. The summed E-state index contributed by atoms with van der Waals surface area (Å²) >= 11 is 0. The van der Waals surface area contributed by atoms with Gasteiger partial charge in [-0.25, -0.2) is 9.97 Å². The first-order chi connectivity index (χ1) is 12.2. The fourth-order valence-electron chi connectivity index (χ4n) is 2.54. The molecule has 0 spiro atoms. The standard InChI is InChI=1S/C18H18N4O3/c1-2-25-15-6-3-13(4-7-15)9-10-19-18-16-11-14(22(23)24)5-8-17(16)20-12-21-18/h3-8,11-12H,2,9-10H2,1H3,(H,19,20,21). The molecule has 0 aliphatic rings. The number of ether oxygens (including phenoxy) is 1. The van der Waals surface area contributed by atoms with Crippen LogP contribution in [0.2, 0.25) is 0 Å². The van der Waals surface area contributed by atoms with Gasteiger partial charge in [0.1, 0.15) is 17.9 Å². The van der Waals surface area contributed by atoms with Gasteiger partial charge < -0.3 is 10.1 Å². The zero-order valence-electron chi connectivity index (χ0n) is 13.8. The van der Waals surface area contributed by atoms with Crippen LogP contribution in [-0.4, -0.2) is 28.0 Å². The molecule has 3 rings (SSSR count). The molecule has 25 heavy (non-hydrogen) atoms. The lowest BCUT2D eigenvalue weighted by Gasteiger charge is -2.09. The zero-order valence-corrected chi connectivity index (χ0v) is 13.8. The lowest BCUT2D eigenvalue weighted by Crippen LogP contribution is -2.07. The van der Waals surface area contributed by atoms with Gasteiger partial charge in [-0.15, -0.1) is 0 Å². The summed E-state index contributed by atoms with van der Waals surface area (Å²) in [4.78, 5) is 18.9. The zero-order chi connectivity index (χ0) is 17.6. The number of non-ortho nitro benzene ring substituents is 1. The minimum absolute atomic E-state index is 0.0249. The summed E-state index contributed by atoms with van der Waals surface area (Å²) in [5, 5.41) is 14.8. The van der Waals surface area contributed by atoms with Crippen molar-refractivity contribution in [1.29, 1.82) is 0 Å². The van der Waals surface area contributed by atoms with Crippen LogP contribution in [0.15, 0.2) is 48.8 Å². The van der Waals surface area contributed by atoms with Crippen LogP contribution in [0, 0.1) is 10.1 Å². The van der Waals surface area contributed by atoms with E-state index in [0.29, 0.717) is 29.9 Å². The third kappa shape index (κ3) is 4.00. The van der Waals surface area contributed by atoms with Crippen molar-refractivity contribution in [2.24, 2.45) is 0 Å². The summed E-state index contributed by atoms with van der Waals surface area (Å²) in [6.45, 7) is 3.25. The maximum absolute atomic E-state index is 11.0. The molecule has 0 bridgehead atoms. The molecule has 1 aromatic heterocycles. The highest BCUT2D eigenvalue weighted by atomic mass is 16.6. The first kappa shape index (κ1) is 16.6. The number of anilines is 1. The lowest BCUT2D eigenvalue weighted by atomic mass is 10.1. The predicted octanol–water partition coefficient (Wildman–Crippen LogP) is 3.59. The number of nitro benzene ring substituents is 1. The fourth-order valence-corrected chi connectivity index (χ4v) is 2.54. The highest BCUT2D eigenvalue weighted by molar-refractivity contribution is 5.90. The maximum atomic E-state index is 11.0. The molecule has 0 saturated heterocycles. The number of hydrogen-bond donors (Lipinski definition) is 1. The van der Waals surface area contributed by atoms with Gasteiger partial charge in [-0.1, -0.05) is 12.1 Å². The Morgan fingerprint density at radius 3 is 2.68 bits per heavy atom. The van der Waals surface area contributed by atoms with E-state index in [1.54, 1.807) is 6.07 Å². The van der Waals surface area contributed by atoms with Crippen LogP contribution in [0.3, 0.4) is 0 Å². The van der Waals surface area contributed by atoms with Crippen LogP contribution < -0.4 is 10.1 Å². The normalized spacial score (nSPS) is 10.6. The van der Waals surface area contributed by atoms with Gasteiger partial charge in [-0.3, -0.25) is 10.1 Å². The molecule has 128 valence electrons. The van der Waals surface area contributed by atoms with Crippen LogP contribution >= 0.6 is 0 Å². The number of hydrogen-bond acceptors (Lipinski definition) is 6. The highest BCUT2D eigenvalue weighted by Gasteiger charge is 2.10. The van der Waals surface area contributed by atoms with E-state index in [0.717, 1.165) is 12.2 Å². The molecule has 0 atom stereocenters. The quantitative estimate of drug-likeness (QED) is 0.523. The third-order valence-electron chi connectivity index (χ3n) is 3.77. The summed E-state index contributed by atoms with van der Waals surface area (Å²) in [5.41, 5.74) is 1.86. The van der Waals surface area contributed by atoms with E-state index >= 15 is 0 Å². The summed E-state index contributed by atoms with van der Waals surface area (Å²) in [5.74, 6) is 1.45. The second-order valence-electron chi connectivity index (χ2n) is 5.43. The Kier molecular flexibility index (Phi) is 5.03. The molecule has 0 unspecified atom stereocenters. The topological polar surface area (TPSA) is 90.2 Å². The summed E-state index contributed by atoms with van der Waals surface area (Å²) in [6.07, 6.45) is 2.25. The van der Waals surface area contributed by atoms with E-state index in [1.807, 2.05) is 31.2 Å². The second kappa shape index (κ2) is 7.57. The summed E-state index contributed by atoms with van der Waals surface area (Å²) in [7, 11) is 0. The van der Waals surface area contributed by atoms with Crippen molar-refractivity contribution < 1.29 is 9.66 Å². The molecule has 0 amide bonds. The van der Waals surface area contributed by atoms with Crippen molar-refractivity contribution in [1.82, 2.24) is 9.97 Å². The molecule has 0 saturated carbocycles. The largest absolute Gasteiger partial charge is 0.494 e. The van der Waals surface area contributed by atoms with Crippen molar-refractivity contribution in [3.63, 3.8) is 0 Å². The number of fused-ring (bicyclic) bond motifs is 1. The Bertz CT molecular complexity index is 881. The van der Waals surface area contributed by atoms with E-state index < -0.39 is 4.92 Å². The first-order valence-electron chi connectivity index (χ1n) is 8.02. The van der Waals surface area contributed by atoms with E-state index in [-0.39, 0.29) is 5.69 Å². The molecule has 0 aliphatic carbocycles. The number of rotatable bonds is 7. The van der Waals surface area contributed by atoms with Crippen molar-refractivity contribution in [3.05, 3.63) is 64.5 Å². The SMILES string of the molecule is CCOc1ccc(CCNc2ncnc3ccc([N+](=O)[O-])cc23)cc1. The van der Waals surface area contributed by atoms with Crippen LogP contribution in [0.4, 0.5) is 11.5 Å². The minimum Gasteiger partial charge on any atom is -0.494 e. The van der Waals surface area contributed by atoms with E-state index in [9.17, 15) is 10.1 Å². The number of aromatic nitrogens is 2. The second-order valence-corrected chi connectivity index (χ2v) is 5.43. The molecular formula is C18H18N4O3. The van der Waals surface area contributed by atoms with Gasteiger partial charge in [0.2, 0.25) is 0 Å². The number of nitrogens with one attached hydrogen (secondary N) is 1. The Morgan fingerprint density at radius 2 is 1.96 bits per heavy atom. The van der Waals surface area contributed by atoms with E-state index in [2.05, 4.69) is 15.3 Å². The van der Waals surface area contributed by atoms with Gasteiger partial charge in [0, 0.05) is 24.1 Å². The summed E-state index contributed by atoms with van der Waals surface area (Å²) < 4.78 is 5.43. The Morgan fingerprint density at radius 1 is 1.16 bits per heavy atom. The molecule has 7 nitrogen and oxygen atoms in total. The van der Waals surface area contributed by atoms with Crippen molar-refractivity contribution >= 4 is 22.4 Å². The lowest BCUT2D eigenvalue weighted by molar-refractivity contribution is -0.384. The van der Waals surface area contributed by atoms with Gasteiger partial charge in [0.15, 0.2) is 0 Å². The molecule has 2 aromatic carbocycles. The van der Waals surface area contributed by atoms with Crippen LogP contribution in [-0.2, 0) is 6.42 Å². The smallest absolute Gasteiger partial charge is 0.270 e. The number of benzene rings is 2. The van der Waals surface area contributed by atoms with E-state index in [1.165, 1.54) is 24.0 Å². The van der Waals surface area contributed by atoms with Gasteiger partial charge in [0.25, 0.3) is 5.69 Å². The Hall–Kier alpha value is -3.22. The van der Waals surface area contributed by atoms with Crippen LogP contribution in [0.1, 0.15) is 12.5 Å². The molecule has 0 fully saturated rings. The molecule has 1 N–H and O–H groups in total. The van der Waals surface area contributed by atoms with Gasteiger partial charge in [-0.2, -0.15) is 0 Å². The van der Waals surface area contributed by atoms with Gasteiger partial charge in [-0.05, 0) is 37.1 Å². The minimum atomic E-state index is -0.420. The monoisotopic (exact) mass is 338 g/mol. The summed E-state index contributed by atoms with van der Waals surface area (Å²) in [6, 6.07) is 12.5. The van der Waals surface area contributed by atoms with Crippen LogP contribution in [0.25, 0.3) is 10.9 Å². The first-order valence-corrected chi connectivity index (χ1v) is 8.02. The average Bonchev–Trinajstić information content (AvgIpc) is 2.63. The van der Waals surface area contributed by atoms with E-state index in [4.69, 9.17) is 4.74 Å². The average molecular weight is 338 g/mol. The van der Waals surface area contributed by atoms with Crippen molar-refractivity contribution in [3.8, 4) is 5.75 Å². The highest BCUT2D eigenvalue weighted by Crippen LogP contribution is 2.24. The molecule has 3 aromatic rings. The fraction of sp³-hybridized carbons (Fsp3) is 0.222. The van der Waals surface area contributed by atoms with Gasteiger partial charge >= 0.3 is 0 Å². The molecule has 7 heteroatoms. The maximum Gasteiger partial charge on any atom is 0.270 e. The van der Waals surface area contributed by atoms with Gasteiger partial charge in [0.05, 0.1) is 17.0 Å². The van der Waals surface area contributed by atoms with Crippen molar-refractivity contribution in [2.45, 2.75) is 13.3 Å². The third-order valence-corrected chi connectivity index (χ3v) is 3.77. The van der Waals surface area contributed by atoms with Crippen LogP contribution in [0.5, 0.6) is 5.75 Å². The predicted molar refractivity (Wildman–Crippen MR) is 96.0 cm³/mol. The molecule has 1 heterocycles. The Labute approximate surface area is 144 Å². The van der Waals surface area contributed by atoms with Crippen molar-refractivity contribution in [2.75, 3.05) is 18.5 Å². The Balaban J connectivity index is 1.70.